The van der Waals surface area contributed by atoms with Gasteiger partial charge < -0.3 is 15.0 Å². The first-order valence-electron chi connectivity index (χ1n) is 10.7. The number of rotatable bonds is 3. The van der Waals surface area contributed by atoms with Crippen LogP contribution in [0.4, 0.5) is 18.0 Å². The Morgan fingerprint density at radius 3 is 2.39 bits per heavy atom. The molecule has 2 aromatic rings. The number of halogens is 3. The molecule has 2 saturated heterocycles. The van der Waals surface area contributed by atoms with Crippen LogP contribution in [0, 0.1) is 5.41 Å². The molecule has 0 bridgehead atoms. The largest absolute Gasteiger partial charge is 0.465 e. The molecule has 12 heteroatoms. The van der Waals surface area contributed by atoms with Gasteiger partial charge in [0.15, 0.2) is 0 Å². The quantitative estimate of drug-likeness (QED) is 0.682. The highest BCUT2D eigenvalue weighted by Crippen LogP contribution is 2.41. The number of piperidine rings is 1. The number of likely N-dealkylation sites (tertiary alicyclic amines) is 1. The number of nitrogens with zero attached hydrogens (tertiary/aromatic N) is 3. The van der Waals surface area contributed by atoms with Crippen molar-refractivity contribution < 1.29 is 31.5 Å². The van der Waals surface area contributed by atoms with Gasteiger partial charge in [0.25, 0.3) is 0 Å². The van der Waals surface area contributed by atoms with E-state index in [1.807, 2.05) is 20.8 Å². The van der Waals surface area contributed by atoms with E-state index < -0.39 is 44.6 Å². The maximum Gasteiger partial charge on any atom is 0.417 e. The predicted molar refractivity (Wildman–Crippen MR) is 115 cm³/mol. The average molecular weight is 489 g/mol. The van der Waals surface area contributed by atoms with Gasteiger partial charge in [-0.1, -0.05) is 20.8 Å². The molecule has 182 valence electrons. The number of hydrogen-bond donors (Lipinski definition) is 2. The number of aromatic amines is 1. The lowest BCUT2D eigenvalue weighted by molar-refractivity contribution is -0.137. The van der Waals surface area contributed by atoms with E-state index in [1.54, 1.807) is 6.20 Å². The summed E-state index contributed by atoms with van der Waals surface area (Å²) in [6, 6.07) is 0.443. The molecule has 0 spiro atoms. The van der Waals surface area contributed by atoms with Gasteiger partial charge in [-0.05, 0) is 35.8 Å². The van der Waals surface area contributed by atoms with Crippen LogP contribution in [0.3, 0.4) is 0 Å². The number of sulfonamides is 1. The van der Waals surface area contributed by atoms with Crippen LogP contribution in [0.2, 0.25) is 0 Å². The van der Waals surface area contributed by atoms with Crippen molar-refractivity contribution in [1.82, 2.24) is 19.2 Å². The molecular formula is C21H27F3N4O4S. The van der Waals surface area contributed by atoms with Crippen molar-refractivity contribution in [2.75, 3.05) is 19.6 Å². The van der Waals surface area contributed by atoms with Crippen LogP contribution < -0.4 is 0 Å². The van der Waals surface area contributed by atoms with Crippen molar-refractivity contribution in [3.8, 4) is 0 Å². The molecular weight excluding hydrogens is 461 g/mol. The molecule has 2 unspecified atom stereocenters. The number of amides is 1. The smallest absolute Gasteiger partial charge is 0.417 e. The Kier molecular flexibility index (Phi) is 5.67. The van der Waals surface area contributed by atoms with Gasteiger partial charge in [-0.25, -0.2) is 22.5 Å². The summed E-state index contributed by atoms with van der Waals surface area (Å²) in [5.74, 6) is -0.106. The van der Waals surface area contributed by atoms with Crippen LogP contribution in [0.1, 0.15) is 50.7 Å². The summed E-state index contributed by atoms with van der Waals surface area (Å²) >= 11 is 0. The summed E-state index contributed by atoms with van der Waals surface area (Å²) in [7, 11) is -3.73. The fourth-order valence-corrected chi connectivity index (χ4v) is 7.41. The second-order valence-corrected chi connectivity index (χ2v) is 12.0. The second-order valence-electron chi connectivity index (χ2n) is 9.86. The van der Waals surface area contributed by atoms with Crippen LogP contribution in [-0.2, 0) is 16.2 Å². The van der Waals surface area contributed by atoms with E-state index in [1.165, 1.54) is 9.21 Å². The minimum atomic E-state index is -4.50. The number of alkyl halides is 3. The van der Waals surface area contributed by atoms with Gasteiger partial charge in [-0.15, -0.1) is 0 Å². The topological polar surface area (TPSA) is 107 Å². The molecule has 2 aliphatic rings. The molecule has 2 atom stereocenters. The zero-order valence-corrected chi connectivity index (χ0v) is 19.4. The van der Waals surface area contributed by atoms with Gasteiger partial charge in [0.05, 0.1) is 11.6 Å². The Hall–Kier alpha value is -2.34. The molecule has 2 N–H and O–H groups in total. The van der Waals surface area contributed by atoms with Gasteiger partial charge in [0.1, 0.15) is 10.9 Å². The monoisotopic (exact) mass is 488 g/mol. The molecule has 8 nitrogen and oxygen atoms in total. The van der Waals surface area contributed by atoms with Crippen molar-refractivity contribution in [1.29, 1.82) is 0 Å². The molecule has 0 radical (unpaired) electrons. The normalized spacial score (nSPS) is 23.6. The lowest BCUT2D eigenvalue weighted by atomic mass is 9.79. The number of pyridine rings is 1. The Morgan fingerprint density at radius 1 is 1.21 bits per heavy atom. The number of hydrogen-bond acceptors (Lipinski definition) is 4. The number of nitrogens with one attached hydrogen (secondary N) is 1. The van der Waals surface area contributed by atoms with Crippen molar-refractivity contribution in [3.05, 3.63) is 29.6 Å². The molecule has 0 aliphatic carbocycles. The van der Waals surface area contributed by atoms with Gasteiger partial charge in [0.2, 0.25) is 10.0 Å². The standard InChI is InChI=1S/C21H27F3N4O4S/c1-20(2,3)17-16(11-28(17)19(29)30)33(31,32)27-6-4-12(5-7-27)15-10-26-18-14(15)8-13(9-25-18)21(22,23)24/h8-10,12,16-17H,4-7,11H2,1-3H3,(H,25,26)(H,29,30). The molecule has 33 heavy (non-hydrogen) atoms. The lowest BCUT2D eigenvalue weighted by Crippen LogP contribution is -2.70. The van der Waals surface area contributed by atoms with Gasteiger partial charge in [-0.2, -0.15) is 13.2 Å². The van der Waals surface area contributed by atoms with Crippen molar-refractivity contribution >= 4 is 27.1 Å². The van der Waals surface area contributed by atoms with Crippen LogP contribution >= 0.6 is 0 Å². The van der Waals surface area contributed by atoms with Crippen LogP contribution in [0.15, 0.2) is 18.5 Å². The fraction of sp³-hybridized carbons (Fsp3) is 0.619. The van der Waals surface area contributed by atoms with Crippen molar-refractivity contribution in [2.45, 2.75) is 57.0 Å². The maximum atomic E-state index is 13.3. The maximum absolute atomic E-state index is 13.3. The van der Waals surface area contributed by atoms with Crippen LogP contribution in [-0.4, -0.2) is 69.7 Å². The van der Waals surface area contributed by atoms with E-state index in [0.29, 0.717) is 29.4 Å². The molecule has 2 aliphatic heterocycles. The zero-order chi connectivity index (χ0) is 24.3. The summed E-state index contributed by atoms with van der Waals surface area (Å²) < 4.78 is 67.4. The van der Waals surface area contributed by atoms with E-state index in [0.717, 1.165) is 12.3 Å². The van der Waals surface area contributed by atoms with E-state index >= 15 is 0 Å². The van der Waals surface area contributed by atoms with E-state index in [9.17, 15) is 31.5 Å². The summed E-state index contributed by atoms with van der Waals surface area (Å²) in [6.45, 7) is 5.86. The SMILES string of the molecule is CC(C)(C)C1C(S(=O)(=O)N2CCC(c3c[nH]c4ncc(C(F)(F)F)cc34)CC2)CN1C(=O)O. The Balaban J connectivity index is 1.51. The first kappa shape index (κ1) is 23.8. The molecule has 1 amide bonds. The lowest BCUT2D eigenvalue weighted by Gasteiger charge is -2.53. The zero-order valence-electron chi connectivity index (χ0n) is 18.6. The summed E-state index contributed by atoms with van der Waals surface area (Å²) in [5.41, 5.74) is -0.296. The third kappa shape index (κ3) is 4.18. The van der Waals surface area contributed by atoms with Crippen LogP contribution in [0.5, 0.6) is 0 Å². The van der Waals surface area contributed by atoms with E-state index in [-0.39, 0.29) is 25.6 Å². The van der Waals surface area contributed by atoms with Crippen molar-refractivity contribution in [3.63, 3.8) is 0 Å². The van der Waals surface area contributed by atoms with Crippen LogP contribution in [0.25, 0.3) is 11.0 Å². The Bertz CT molecular complexity index is 1160. The Labute approximate surface area is 189 Å². The number of aromatic nitrogens is 2. The number of carboxylic acid groups (broad SMARTS) is 1. The third-order valence-electron chi connectivity index (χ3n) is 6.72. The summed E-state index contributed by atoms with van der Waals surface area (Å²) in [5, 5.41) is 8.99. The highest BCUT2D eigenvalue weighted by molar-refractivity contribution is 7.89. The molecule has 0 aromatic carbocycles. The first-order chi connectivity index (χ1) is 15.2. The molecule has 2 fully saturated rings. The number of fused-ring (bicyclic) bond motifs is 1. The minimum absolute atomic E-state index is 0.0616. The molecule has 4 rings (SSSR count). The highest BCUT2D eigenvalue weighted by atomic mass is 32.2. The highest BCUT2D eigenvalue weighted by Gasteiger charge is 2.55. The fourth-order valence-electron chi connectivity index (χ4n) is 5.08. The van der Waals surface area contributed by atoms with E-state index in [2.05, 4.69) is 9.97 Å². The van der Waals surface area contributed by atoms with E-state index in [4.69, 9.17) is 0 Å². The van der Waals surface area contributed by atoms with Crippen molar-refractivity contribution in [2.24, 2.45) is 5.41 Å². The predicted octanol–water partition coefficient (Wildman–Crippen LogP) is 3.87. The third-order valence-corrected chi connectivity index (χ3v) is 8.98. The molecule has 2 aromatic heterocycles. The summed E-state index contributed by atoms with van der Waals surface area (Å²) in [6.07, 6.45) is -2.27. The molecule has 4 heterocycles. The average Bonchev–Trinajstić information content (AvgIpc) is 3.08. The van der Waals surface area contributed by atoms with Gasteiger partial charge >= 0.3 is 12.3 Å². The second kappa shape index (κ2) is 7.86. The molecule has 0 saturated carbocycles. The first-order valence-corrected chi connectivity index (χ1v) is 12.2. The number of carbonyl (C=O) groups is 1. The summed E-state index contributed by atoms with van der Waals surface area (Å²) in [4.78, 5) is 19.5. The minimum Gasteiger partial charge on any atom is -0.465 e. The number of H-pyrrole nitrogens is 1. The van der Waals surface area contributed by atoms with Gasteiger partial charge in [-0.3, -0.25) is 0 Å². The Morgan fingerprint density at radius 2 is 1.85 bits per heavy atom. The van der Waals surface area contributed by atoms with Gasteiger partial charge in [0, 0.05) is 37.4 Å².